The Morgan fingerprint density at radius 3 is 2.94 bits per heavy atom. The number of nitrogens with one attached hydrogen (secondary N) is 3. The normalized spacial score (nSPS) is 19.6. The first-order chi connectivity index (χ1) is 7.84. The standard InChI is InChI=1S/C12H22N4/c1-11(8-15-12-2-3-14-9-12)10-16-6-4-13-5-7-16/h2-3,9,11,13-15H,4-8,10H2,1H3. The summed E-state index contributed by atoms with van der Waals surface area (Å²) >= 11 is 0. The third kappa shape index (κ3) is 3.54. The van der Waals surface area contributed by atoms with Gasteiger partial charge in [-0.05, 0) is 12.0 Å². The molecule has 0 bridgehead atoms. The van der Waals surface area contributed by atoms with E-state index in [1.54, 1.807) is 0 Å². The molecule has 1 atom stereocenters. The third-order valence-electron chi connectivity index (χ3n) is 3.03. The average molecular weight is 222 g/mol. The molecule has 0 aliphatic carbocycles. The molecule has 90 valence electrons. The van der Waals surface area contributed by atoms with Gasteiger partial charge < -0.3 is 20.5 Å². The van der Waals surface area contributed by atoms with Gasteiger partial charge in [-0.3, -0.25) is 0 Å². The van der Waals surface area contributed by atoms with Crippen molar-refractivity contribution in [3.63, 3.8) is 0 Å². The van der Waals surface area contributed by atoms with Gasteiger partial charge in [-0.25, -0.2) is 0 Å². The van der Waals surface area contributed by atoms with Crippen molar-refractivity contribution in [2.75, 3.05) is 44.6 Å². The lowest BCUT2D eigenvalue weighted by Crippen LogP contribution is -2.45. The van der Waals surface area contributed by atoms with Crippen molar-refractivity contribution in [1.29, 1.82) is 0 Å². The summed E-state index contributed by atoms with van der Waals surface area (Å²) < 4.78 is 0. The zero-order chi connectivity index (χ0) is 11.2. The first-order valence-corrected chi connectivity index (χ1v) is 6.14. The Bertz CT molecular complexity index is 277. The Labute approximate surface area is 97.4 Å². The van der Waals surface area contributed by atoms with Gasteiger partial charge in [-0.15, -0.1) is 0 Å². The van der Waals surface area contributed by atoms with Gasteiger partial charge in [0, 0.05) is 51.7 Å². The lowest BCUT2D eigenvalue weighted by Gasteiger charge is -2.29. The van der Waals surface area contributed by atoms with E-state index in [9.17, 15) is 0 Å². The van der Waals surface area contributed by atoms with Crippen LogP contribution in [0.3, 0.4) is 0 Å². The van der Waals surface area contributed by atoms with Gasteiger partial charge in [-0.2, -0.15) is 0 Å². The van der Waals surface area contributed by atoms with Crippen LogP contribution in [0.15, 0.2) is 18.5 Å². The zero-order valence-corrected chi connectivity index (χ0v) is 10.00. The smallest absolute Gasteiger partial charge is 0.0517 e. The molecular weight excluding hydrogens is 200 g/mol. The number of H-pyrrole nitrogens is 1. The summed E-state index contributed by atoms with van der Waals surface area (Å²) in [5.41, 5.74) is 1.19. The second-order valence-corrected chi connectivity index (χ2v) is 4.64. The van der Waals surface area contributed by atoms with Gasteiger partial charge in [0.1, 0.15) is 0 Å². The molecule has 1 unspecified atom stereocenters. The highest BCUT2D eigenvalue weighted by Gasteiger charge is 2.12. The fraction of sp³-hybridized carbons (Fsp3) is 0.667. The van der Waals surface area contributed by atoms with Gasteiger partial charge in [0.25, 0.3) is 0 Å². The monoisotopic (exact) mass is 222 g/mol. The Morgan fingerprint density at radius 1 is 1.44 bits per heavy atom. The molecule has 1 aromatic heterocycles. The number of aromatic amines is 1. The van der Waals surface area contributed by atoms with Crippen LogP contribution < -0.4 is 10.6 Å². The van der Waals surface area contributed by atoms with Gasteiger partial charge in [0.05, 0.1) is 5.69 Å². The van der Waals surface area contributed by atoms with Crippen LogP contribution in [0, 0.1) is 5.92 Å². The molecule has 1 fully saturated rings. The van der Waals surface area contributed by atoms with E-state index < -0.39 is 0 Å². The van der Waals surface area contributed by atoms with Crippen LogP contribution in [0.5, 0.6) is 0 Å². The maximum absolute atomic E-state index is 3.44. The number of nitrogens with zero attached hydrogens (tertiary/aromatic N) is 1. The van der Waals surface area contributed by atoms with Crippen LogP contribution in [0.25, 0.3) is 0 Å². The lowest BCUT2D eigenvalue weighted by atomic mass is 10.1. The van der Waals surface area contributed by atoms with Crippen LogP contribution in [-0.4, -0.2) is 49.2 Å². The first-order valence-electron chi connectivity index (χ1n) is 6.14. The van der Waals surface area contributed by atoms with Crippen molar-refractivity contribution in [2.45, 2.75) is 6.92 Å². The Kier molecular flexibility index (Phi) is 4.25. The Hall–Kier alpha value is -1.00. The highest BCUT2D eigenvalue weighted by atomic mass is 15.2. The quantitative estimate of drug-likeness (QED) is 0.695. The average Bonchev–Trinajstić information content (AvgIpc) is 2.81. The van der Waals surface area contributed by atoms with Crippen molar-refractivity contribution in [2.24, 2.45) is 5.92 Å². The van der Waals surface area contributed by atoms with Crippen molar-refractivity contribution >= 4 is 5.69 Å². The summed E-state index contributed by atoms with van der Waals surface area (Å²) in [5.74, 6) is 0.688. The second-order valence-electron chi connectivity index (χ2n) is 4.64. The number of aromatic nitrogens is 1. The SMILES string of the molecule is CC(CNc1cc[nH]c1)CN1CCNCC1. The van der Waals surface area contributed by atoms with Gasteiger partial charge in [-0.1, -0.05) is 6.92 Å². The van der Waals surface area contributed by atoms with Crippen molar-refractivity contribution in [1.82, 2.24) is 15.2 Å². The summed E-state index contributed by atoms with van der Waals surface area (Å²) in [4.78, 5) is 5.60. The molecule has 0 radical (unpaired) electrons. The summed E-state index contributed by atoms with van der Waals surface area (Å²) in [5, 5.41) is 6.82. The molecule has 1 aliphatic heterocycles. The third-order valence-corrected chi connectivity index (χ3v) is 3.03. The number of hydrogen-bond donors (Lipinski definition) is 3. The van der Waals surface area contributed by atoms with E-state index in [4.69, 9.17) is 0 Å². The molecule has 0 aromatic carbocycles. The largest absolute Gasteiger partial charge is 0.384 e. The topological polar surface area (TPSA) is 43.1 Å². The van der Waals surface area contributed by atoms with Crippen LogP contribution in [0.4, 0.5) is 5.69 Å². The molecular formula is C12H22N4. The van der Waals surface area contributed by atoms with E-state index in [1.165, 1.54) is 25.3 Å². The van der Waals surface area contributed by atoms with Crippen molar-refractivity contribution < 1.29 is 0 Å². The van der Waals surface area contributed by atoms with E-state index in [1.807, 2.05) is 12.4 Å². The molecule has 2 heterocycles. The molecule has 4 heteroatoms. The summed E-state index contributed by atoms with van der Waals surface area (Å²) in [7, 11) is 0. The molecule has 4 nitrogen and oxygen atoms in total. The van der Waals surface area contributed by atoms with Crippen molar-refractivity contribution in [3.05, 3.63) is 18.5 Å². The van der Waals surface area contributed by atoms with Crippen LogP contribution in [-0.2, 0) is 0 Å². The minimum atomic E-state index is 0.688. The van der Waals surface area contributed by atoms with Gasteiger partial charge in [0.15, 0.2) is 0 Å². The maximum Gasteiger partial charge on any atom is 0.0517 e. The lowest BCUT2D eigenvalue weighted by molar-refractivity contribution is 0.215. The molecule has 1 aromatic rings. The van der Waals surface area contributed by atoms with E-state index in [0.29, 0.717) is 5.92 Å². The van der Waals surface area contributed by atoms with E-state index >= 15 is 0 Å². The molecule has 1 saturated heterocycles. The fourth-order valence-electron chi connectivity index (χ4n) is 2.12. The number of hydrogen-bond acceptors (Lipinski definition) is 3. The van der Waals surface area contributed by atoms with Crippen molar-refractivity contribution in [3.8, 4) is 0 Å². The molecule has 0 spiro atoms. The van der Waals surface area contributed by atoms with Crippen LogP contribution in [0.1, 0.15) is 6.92 Å². The number of piperazine rings is 1. The molecule has 16 heavy (non-hydrogen) atoms. The molecule has 3 N–H and O–H groups in total. The van der Waals surface area contributed by atoms with Gasteiger partial charge >= 0.3 is 0 Å². The molecule has 2 rings (SSSR count). The predicted molar refractivity (Wildman–Crippen MR) is 67.8 cm³/mol. The van der Waals surface area contributed by atoms with E-state index in [0.717, 1.165) is 19.6 Å². The highest BCUT2D eigenvalue weighted by Crippen LogP contribution is 2.07. The van der Waals surface area contributed by atoms with E-state index in [-0.39, 0.29) is 0 Å². The Balaban J connectivity index is 1.65. The summed E-state index contributed by atoms with van der Waals surface area (Å²) in [6, 6.07) is 2.07. The van der Waals surface area contributed by atoms with Crippen LogP contribution >= 0.6 is 0 Å². The maximum atomic E-state index is 3.44. The highest BCUT2D eigenvalue weighted by molar-refractivity contribution is 5.40. The molecule has 1 aliphatic rings. The zero-order valence-electron chi connectivity index (χ0n) is 10.00. The number of rotatable bonds is 5. The summed E-state index contributed by atoms with van der Waals surface area (Å²) in [6.45, 7) is 9.20. The minimum absolute atomic E-state index is 0.688. The van der Waals surface area contributed by atoms with E-state index in [2.05, 4.69) is 33.5 Å². The Morgan fingerprint density at radius 2 is 2.25 bits per heavy atom. The fourth-order valence-corrected chi connectivity index (χ4v) is 2.12. The first kappa shape index (κ1) is 11.5. The second kappa shape index (κ2) is 5.92. The number of anilines is 1. The molecule has 0 saturated carbocycles. The van der Waals surface area contributed by atoms with Gasteiger partial charge in [0.2, 0.25) is 0 Å². The minimum Gasteiger partial charge on any atom is -0.384 e. The molecule has 0 amide bonds. The predicted octanol–water partition coefficient (Wildman–Crippen LogP) is 0.968. The van der Waals surface area contributed by atoms with Crippen LogP contribution in [0.2, 0.25) is 0 Å². The summed E-state index contributed by atoms with van der Waals surface area (Å²) in [6.07, 6.45) is 3.95.